The second-order valence-electron chi connectivity index (χ2n) is 4.75. The highest BCUT2D eigenvalue weighted by Gasteiger charge is 2.31. The molecule has 0 aliphatic carbocycles. The number of nitrogens with zero attached hydrogens (tertiary/aromatic N) is 1. The molecule has 2 fully saturated rings. The lowest BCUT2D eigenvalue weighted by molar-refractivity contribution is -0.133. The van der Waals surface area contributed by atoms with Gasteiger partial charge in [0.2, 0.25) is 5.91 Å². The summed E-state index contributed by atoms with van der Waals surface area (Å²) in [6.45, 7) is 4.09. The van der Waals surface area contributed by atoms with Crippen LogP contribution >= 0.6 is 0 Å². The minimum Gasteiger partial charge on any atom is -0.339 e. The van der Waals surface area contributed by atoms with Crippen molar-refractivity contribution in [2.45, 2.75) is 19.0 Å². The van der Waals surface area contributed by atoms with Crippen LogP contribution in [-0.2, 0) is 14.6 Å². The summed E-state index contributed by atoms with van der Waals surface area (Å²) in [7, 11) is -2.92. The quantitative estimate of drug-likeness (QED) is 0.582. The molecule has 2 unspecified atom stereocenters. The van der Waals surface area contributed by atoms with E-state index in [1.165, 1.54) is 0 Å². The van der Waals surface area contributed by atoms with Crippen molar-refractivity contribution in [2.75, 3.05) is 37.7 Å². The van der Waals surface area contributed by atoms with Gasteiger partial charge in [-0.05, 0) is 6.92 Å². The van der Waals surface area contributed by atoms with Crippen molar-refractivity contribution in [2.24, 2.45) is 0 Å². The normalized spacial score (nSPS) is 33.4. The van der Waals surface area contributed by atoms with Crippen molar-refractivity contribution >= 4 is 15.7 Å². The summed E-state index contributed by atoms with van der Waals surface area (Å²) in [6.07, 6.45) is 0. The zero-order valence-corrected chi connectivity index (χ0v) is 10.8. The van der Waals surface area contributed by atoms with Crippen LogP contribution in [0.5, 0.6) is 0 Å². The number of hydrogen-bond acceptors (Lipinski definition) is 5. The lowest BCUT2D eigenvalue weighted by atomic mass is 10.1. The predicted molar refractivity (Wildman–Crippen MR) is 64.5 cm³/mol. The Kier molecular flexibility index (Phi) is 3.70. The first-order chi connectivity index (χ1) is 7.98. The van der Waals surface area contributed by atoms with Crippen LogP contribution in [0.1, 0.15) is 6.92 Å². The Bertz CT molecular complexity index is 374. The fourth-order valence-corrected chi connectivity index (χ4v) is 3.31. The first-order valence-corrected chi connectivity index (χ1v) is 7.76. The molecule has 0 saturated carbocycles. The zero-order chi connectivity index (χ0) is 12.5. The van der Waals surface area contributed by atoms with Crippen molar-refractivity contribution in [3.05, 3.63) is 0 Å². The molecule has 98 valence electrons. The van der Waals surface area contributed by atoms with E-state index in [9.17, 15) is 13.2 Å². The van der Waals surface area contributed by atoms with Gasteiger partial charge in [0.25, 0.3) is 0 Å². The Balaban J connectivity index is 1.88. The van der Waals surface area contributed by atoms with Crippen LogP contribution < -0.4 is 10.6 Å². The molecule has 2 saturated heterocycles. The molecule has 2 aliphatic rings. The average Bonchev–Trinajstić information content (AvgIpc) is 2.29. The summed E-state index contributed by atoms with van der Waals surface area (Å²) < 4.78 is 22.5. The number of hydrogen-bond donors (Lipinski definition) is 2. The molecule has 7 heteroatoms. The van der Waals surface area contributed by atoms with E-state index in [-0.39, 0.29) is 23.5 Å². The molecule has 0 aromatic heterocycles. The Hall–Kier alpha value is -0.660. The molecule has 2 atom stereocenters. The van der Waals surface area contributed by atoms with Crippen LogP contribution in [0, 0.1) is 0 Å². The van der Waals surface area contributed by atoms with Crippen molar-refractivity contribution in [1.82, 2.24) is 15.5 Å². The van der Waals surface area contributed by atoms with Crippen molar-refractivity contribution in [3.63, 3.8) is 0 Å². The fourth-order valence-electron chi connectivity index (χ4n) is 2.11. The summed E-state index contributed by atoms with van der Waals surface area (Å²) in [5, 5.41) is 6.42. The van der Waals surface area contributed by atoms with Gasteiger partial charge in [0.15, 0.2) is 9.84 Å². The molecule has 0 radical (unpaired) electrons. The van der Waals surface area contributed by atoms with Gasteiger partial charge in [0.1, 0.15) is 0 Å². The lowest BCUT2D eigenvalue weighted by Crippen LogP contribution is -2.60. The highest BCUT2D eigenvalue weighted by atomic mass is 32.2. The van der Waals surface area contributed by atoms with Gasteiger partial charge in [-0.25, -0.2) is 8.42 Å². The third kappa shape index (κ3) is 3.17. The number of amides is 1. The molecule has 2 heterocycles. The van der Waals surface area contributed by atoms with Gasteiger partial charge in [0, 0.05) is 32.2 Å². The lowest BCUT2D eigenvalue weighted by Gasteiger charge is -2.34. The minimum absolute atomic E-state index is 0.0132. The predicted octanol–water partition coefficient (Wildman–Crippen LogP) is -1.81. The van der Waals surface area contributed by atoms with E-state index in [0.717, 1.165) is 6.54 Å². The first kappa shape index (κ1) is 12.8. The van der Waals surface area contributed by atoms with Crippen molar-refractivity contribution < 1.29 is 13.2 Å². The number of sulfone groups is 1. The third-order valence-corrected chi connectivity index (χ3v) is 4.90. The summed E-state index contributed by atoms with van der Waals surface area (Å²) in [6, 6.07) is 0.160. The van der Waals surface area contributed by atoms with Crippen molar-refractivity contribution in [1.29, 1.82) is 0 Å². The molecule has 1 amide bonds. The number of rotatable bonds is 1. The summed E-state index contributed by atoms with van der Waals surface area (Å²) in [4.78, 5) is 13.7. The Morgan fingerprint density at radius 2 is 1.82 bits per heavy atom. The topological polar surface area (TPSA) is 78.5 Å². The van der Waals surface area contributed by atoms with E-state index >= 15 is 0 Å². The van der Waals surface area contributed by atoms with E-state index in [2.05, 4.69) is 17.6 Å². The number of carbonyl (C=O) groups is 1. The Labute approximate surface area is 102 Å². The Morgan fingerprint density at radius 1 is 1.18 bits per heavy atom. The summed E-state index contributed by atoms with van der Waals surface area (Å²) in [5.74, 6) is 0.198. The highest BCUT2D eigenvalue weighted by molar-refractivity contribution is 7.91. The molecule has 0 bridgehead atoms. The molecule has 2 aliphatic heterocycles. The smallest absolute Gasteiger partial charge is 0.241 e. The van der Waals surface area contributed by atoms with Crippen LogP contribution in [0.2, 0.25) is 0 Å². The number of carbonyl (C=O) groups excluding carboxylic acids is 1. The van der Waals surface area contributed by atoms with Gasteiger partial charge in [0.05, 0.1) is 17.5 Å². The second kappa shape index (κ2) is 4.91. The maximum absolute atomic E-state index is 12.1. The van der Waals surface area contributed by atoms with Crippen LogP contribution in [0.15, 0.2) is 0 Å². The SMILES string of the molecule is CC1CNC(C(=O)N2CCS(=O)(=O)CC2)CN1. The van der Waals surface area contributed by atoms with Gasteiger partial charge in [-0.3, -0.25) is 4.79 Å². The molecule has 2 rings (SSSR count). The van der Waals surface area contributed by atoms with Crippen LogP contribution in [0.3, 0.4) is 0 Å². The van der Waals surface area contributed by atoms with Crippen LogP contribution in [0.4, 0.5) is 0 Å². The highest BCUT2D eigenvalue weighted by Crippen LogP contribution is 2.07. The molecule has 17 heavy (non-hydrogen) atoms. The summed E-state index contributed by atoms with van der Waals surface area (Å²) in [5.41, 5.74) is 0. The summed E-state index contributed by atoms with van der Waals surface area (Å²) >= 11 is 0. The molecule has 6 nitrogen and oxygen atoms in total. The molecular weight excluding hydrogens is 242 g/mol. The monoisotopic (exact) mass is 261 g/mol. The van der Waals surface area contributed by atoms with Gasteiger partial charge in [-0.2, -0.15) is 0 Å². The standard InChI is InChI=1S/C10H19N3O3S/c1-8-6-12-9(7-11-8)10(14)13-2-4-17(15,16)5-3-13/h8-9,11-12H,2-7H2,1H3. The van der Waals surface area contributed by atoms with Gasteiger partial charge in [-0.15, -0.1) is 0 Å². The molecule has 0 spiro atoms. The number of nitrogens with one attached hydrogen (secondary N) is 2. The Morgan fingerprint density at radius 3 is 2.35 bits per heavy atom. The van der Waals surface area contributed by atoms with Crippen LogP contribution in [-0.4, -0.2) is 69.0 Å². The largest absolute Gasteiger partial charge is 0.339 e. The maximum Gasteiger partial charge on any atom is 0.241 e. The number of piperazine rings is 1. The van der Waals surface area contributed by atoms with Gasteiger partial charge < -0.3 is 15.5 Å². The fraction of sp³-hybridized carbons (Fsp3) is 0.900. The second-order valence-corrected chi connectivity index (χ2v) is 7.05. The van der Waals surface area contributed by atoms with E-state index in [1.807, 2.05) is 0 Å². The van der Waals surface area contributed by atoms with Crippen LogP contribution in [0.25, 0.3) is 0 Å². The molecule has 2 N–H and O–H groups in total. The molecular formula is C10H19N3O3S. The van der Waals surface area contributed by atoms with Gasteiger partial charge >= 0.3 is 0 Å². The molecule has 0 aromatic carbocycles. The molecule has 0 aromatic rings. The van der Waals surface area contributed by atoms with E-state index < -0.39 is 9.84 Å². The third-order valence-electron chi connectivity index (χ3n) is 3.30. The first-order valence-electron chi connectivity index (χ1n) is 5.94. The van der Waals surface area contributed by atoms with E-state index in [4.69, 9.17) is 0 Å². The maximum atomic E-state index is 12.1. The average molecular weight is 261 g/mol. The zero-order valence-electron chi connectivity index (χ0n) is 9.98. The van der Waals surface area contributed by atoms with E-state index in [0.29, 0.717) is 25.7 Å². The minimum atomic E-state index is -2.92. The van der Waals surface area contributed by atoms with Crippen molar-refractivity contribution in [3.8, 4) is 0 Å². The van der Waals surface area contributed by atoms with Gasteiger partial charge in [-0.1, -0.05) is 0 Å². The van der Waals surface area contributed by atoms with E-state index in [1.54, 1.807) is 4.90 Å².